The fourth-order valence-corrected chi connectivity index (χ4v) is 8.94. The van der Waals surface area contributed by atoms with Crippen molar-refractivity contribution in [2.45, 2.75) is 184 Å². The van der Waals surface area contributed by atoms with Crippen LogP contribution < -0.4 is 0 Å². The molecule has 0 aromatic carbocycles. The summed E-state index contributed by atoms with van der Waals surface area (Å²) in [6.45, 7) is 2.45. The van der Waals surface area contributed by atoms with E-state index in [1.165, 1.54) is 37.5 Å². The van der Waals surface area contributed by atoms with E-state index in [-0.39, 0.29) is 19.3 Å². The second-order valence-corrected chi connectivity index (χ2v) is 19.3. The van der Waals surface area contributed by atoms with E-state index in [1.54, 1.807) is 0 Å². The Hall–Kier alpha value is -2.42. The first-order valence-electron chi connectivity index (χ1n) is 23.1. The van der Waals surface area contributed by atoms with Gasteiger partial charge >= 0.3 is 27.6 Å². The number of aliphatic hydroxyl groups excluding tert-OH is 7. The average Bonchev–Trinajstić information content (AvgIpc) is 3.25. The van der Waals surface area contributed by atoms with Gasteiger partial charge in [-0.1, -0.05) is 107 Å². The molecule has 1 aliphatic heterocycles. The standard InChI is InChI=1S/C45H76O19P2/c1-3-5-7-8-9-10-11-12-13-14-15-16-17-18-20-26-39(50)62-33-30-60-38(49)25-22-21-24-34-36(47)29-37(48)35(28-27-32(46)23-19-6-4-2)41(52)44(63-65(55,56)57)45(43(54)42(53)40(34)51)64-66(58,59)61-31-33/h9-10,12-13,15-16,21-22,27-28,32-37,40-48,51-54H,3-8,11,14,17-20,23-26,29-31H2,1-2H3,(H,58,59)(H2,55,56,57)/b10-9-,13-12-,16-15-,22-21-,28-27+/t32-,33-,34-,35+,36+,37-,40-,41-,42+,43-,44-,45+/m1/s1. The van der Waals surface area contributed by atoms with Crippen molar-refractivity contribution in [1.29, 1.82) is 0 Å². The average molecular weight is 983 g/mol. The summed E-state index contributed by atoms with van der Waals surface area (Å²) in [7, 11) is -11.4. The fourth-order valence-electron chi connectivity index (χ4n) is 7.41. The molecule has 19 nitrogen and oxygen atoms in total. The molecule has 2 bridgehead atoms. The third-order valence-corrected chi connectivity index (χ3v) is 12.7. The summed E-state index contributed by atoms with van der Waals surface area (Å²) < 4.78 is 51.8. The SMILES string of the molecule is CCCCC/C=C\C/C=C\C/C=C\CCCCC(=O)O[C@@H]1COC(=O)C/C=C\C[C@H]2[C@@H](O)[C@H](O)[C@@H](O)[C@H](OP(=O)(O)OC1)[C@H](OP(=O)(O)O)[C@H](O)[C@@H](/C=C/[C@H](O)CCCCC)[C@H](O)C[C@@H]2O. The Morgan fingerprint density at radius 3 is 2.09 bits per heavy atom. The highest BCUT2D eigenvalue weighted by molar-refractivity contribution is 7.47. The summed E-state index contributed by atoms with van der Waals surface area (Å²) in [4.78, 5) is 56.5. The summed E-state index contributed by atoms with van der Waals surface area (Å²) in [6, 6.07) is 0. The molecular formula is C45H76O19P2. The van der Waals surface area contributed by atoms with Gasteiger partial charge in [0, 0.05) is 24.7 Å². The number of hydrogen-bond donors (Lipinski definition) is 10. The van der Waals surface area contributed by atoms with E-state index >= 15 is 0 Å². The van der Waals surface area contributed by atoms with Gasteiger partial charge in [-0.3, -0.25) is 23.2 Å². The van der Waals surface area contributed by atoms with Crippen molar-refractivity contribution < 1.29 is 92.2 Å². The molecule has 2 rings (SSSR count). The molecule has 1 fully saturated rings. The number of phosphoric ester groups is 2. The van der Waals surface area contributed by atoms with Gasteiger partial charge < -0.3 is 59.9 Å². The Labute approximate surface area is 388 Å². The number of rotatable bonds is 22. The Morgan fingerprint density at radius 1 is 0.833 bits per heavy atom. The largest absolute Gasteiger partial charge is 0.472 e. The van der Waals surface area contributed by atoms with Gasteiger partial charge in [0.15, 0.2) is 6.10 Å². The second-order valence-electron chi connectivity index (χ2n) is 16.8. The van der Waals surface area contributed by atoms with Gasteiger partial charge in [-0.25, -0.2) is 9.13 Å². The van der Waals surface area contributed by atoms with E-state index in [1.807, 2.05) is 19.1 Å². The molecule has 21 heteroatoms. The zero-order chi connectivity index (χ0) is 49.1. The molecule has 1 saturated carbocycles. The van der Waals surface area contributed by atoms with E-state index in [9.17, 15) is 69.1 Å². The number of phosphoric acid groups is 2. The number of fused-ring (bicyclic) bond motifs is 4. The monoisotopic (exact) mass is 982 g/mol. The second kappa shape index (κ2) is 32.4. The van der Waals surface area contributed by atoms with E-state index in [0.29, 0.717) is 25.7 Å². The fraction of sp³-hybridized carbons (Fsp3) is 0.733. The number of esters is 2. The van der Waals surface area contributed by atoms with Crippen LogP contribution in [-0.4, -0.2) is 137 Å². The van der Waals surface area contributed by atoms with Crippen LogP contribution in [0.2, 0.25) is 0 Å². The third-order valence-electron chi connectivity index (χ3n) is 11.2. The molecule has 66 heavy (non-hydrogen) atoms. The lowest BCUT2D eigenvalue weighted by Gasteiger charge is -2.38. The van der Waals surface area contributed by atoms with Crippen molar-refractivity contribution in [2.75, 3.05) is 13.2 Å². The number of cyclic esters (lactones) is 1. The Morgan fingerprint density at radius 2 is 1.45 bits per heavy atom. The molecule has 0 spiro atoms. The minimum atomic E-state index is -5.77. The van der Waals surface area contributed by atoms with Crippen LogP contribution in [0, 0.1) is 11.8 Å². The molecule has 13 atom stereocenters. The molecule has 0 aromatic heterocycles. The van der Waals surface area contributed by atoms with E-state index < -0.39 is 127 Å². The van der Waals surface area contributed by atoms with Crippen LogP contribution in [0.3, 0.4) is 0 Å². The van der Waals surface area contributed by atoms with Crippen molar-refractivity contribution in [3.63, 3.8) is 0 Å². The first-order chi connectivity index (χ1) is 31.3. The van der Waals surface area contributed by atoms with Crippen LogP contribution in [0.5, 0.6) is 0 Å². The smallest absolute Gasteiger partial charge is 0.461 e. The van der Waals surface area contributed by atoms with Gasteiger partial charge in [0.2, 0.25) is 0 Å². The number of ether oxygens (including phenoxy) is 2. The lowest BCUT2D eigenvalue weighted by atomic mass is 9.83. The van der Waals surface area contributed by atoms with Crippen LogP contribution >= 0.6 is 15.6 Å². The molecule has 1 aliphatic carbocycles. The maximum absolute atomic E-state index is 13.7. The Balaban J connectivity index is 2.37. The van der Waals surface area contributed by atoms with E-state index in [2.05, 4.69) is 31.2 Å². The predicted molar refractivity (Wildman–Crippen MR) is 243 cm³/mol. The lowest BCUT2D eigenvalue weighted by Crippen LogP contribution is -2.56. The van der Waals surface area contributed by atoms with Crippen molar-refractivity contribution in [3.05, 3.63) is 60.8 Å². The molecule has 380 valence electrons. The van der Waals surface area contributed by atoms with Crippen molar-refractivity contribution in [2.24, 2.45) is 11.8 Å². The third kappa shape index (κ3) is 24.2. The van der Waals surface area contributed by atoms with Gasteiger partial charge in [0.1, 0.15) is 31.0 Å². The topological polar surface area (TPSA) is 317 Å². The van der Waals surface area contributed by atoms with Crippen LogP contribution in [0.4, 0.5) is 0 Å². The van der Waals surface area contributed by atoms with Gasteiger partial charge in [0.05, 0.1) is 43.5 Å². The molecule has 10 N–H and O–H groups in total. The molecule has 1 heterocycles. The van der Waals surface area contributed by atoms with Crippen LogP contribution in [0.15, 0.2) is 60.8 Å². The number of aliphatic hydroxyl groups is 7. The molecule has 0 radical (unpaired) electrons. The summed E-state index contributed by atoms with van der Waals surface area (Å²) in [5.41, 5.74) is 0. The number of unbranched alkanes of at least 4 members (excludes halogenated alkanes) is 7. The van der Waals surface area contributed by atoms with E-state index in [4.69, 9.17) is 23.0 Å². The number of hydrogen-bond acceptors (Lipinski definition) is 16. The van der Waals surface area contributed by atoms with Gasteiger partial charge in [-0.15, -0.1) is 0 Å². The quantitative estimate of drug-likeness (QED) is 0.0305. The van der Waals surface area contributed by atoms with Crippen molar-refractivity contribution in [1.82, 2.24) is 0 Å². The first-order valence-corrected chi connectivity index (χ1v) is 26.1. The summed E-state index contributed by atoms with van der Waals surface area (Å²) in [6.07, 6.45) is 5.14. The zero-order valence-corrected chi connectivity index (χ0v) is 40.0. The molecule has 0 amide bonds. The van der Waals surface area contributed by atoms with Crippen molar-refractivity contribution in [3.8, 4) is 0 Å². The van der Waals surface area contributed by atoms with Crippen LogP contribution in [0.25, 0.3) is 0 Å². The van der Waals surface area contributed by atoms with Gasteiger partial charge in [-0.2, -0.15) is 0 Å². The summed E-state index contributed by atoms with van der Waals surface area (Å²) in [5, 5.41) is 79.3. The maximum atomic E-state index is 13.7. The zero-order valence-electron chi connectivity index (χ0n) is 38.2. The normalized spacial score (nSPS) is 32.5. The van der Waals surface area contributed by atoms with Crippen molar-refractivity contribution >= 4 is 27.6 Å². The number of allylic oxidation sites excluding steroid dienone is 7. The van der Waals surface area contributed by atoms with E-state index in [0.717, 1.165) is 38.2 Å². The maximum Gasteiger partial charge on any atom is 0.472 e. The Kier molecular flexibility index (Phi) is 29.3. The summed E-state index contributed by atoms with van der Waals surface area (Å²) in [5.74, 6) is -4.82. The van der Waals surface area contributed by atoms with Crippen LogP contribution in [0.1, 0.15) is 123 Å². The highest BCUT2D eigenvalue weighted by Crippen LogP contribution is 2.49. The highest BCUT2D eigenvalue weighted by atomic mass is 31.2. The number of carbonyl (C=O) groups excluding carboxylic acids is 2. The minimum absolute atomic E-state index is 0.0865. The van der Waals surface area contributed by atoms with Gasteiger partial charge in [0.25, 0.3) is 0 Å². The molecule has 2 aliphatic rings. The molecule has 1 unspecified atom stereocenters. The minimum Gasteiger partial charge on any atom is -0.461 e. The van der Waals surface area contributed by atoms with Crippen LogP contribution in [-0.2, 0) is 41.8 Å². The summed E-state index contributed by atoms with van der Waals surface area (Å²) >= 11 is 0. The predicted octanol–water partition coefficient (Wildman–Crippen LogP) is 4.66. The lowest BCUT2D eigenvalue weighted by molar-refractivity contribution is -0.165. The molecule has 0 aromatic rings. The number of carbonyl (C=O) groups is 2. The molecular weight excluding hydrogens is 906 g/mol. The Bertz CT molecular complexity index is 1630. The van der Waals surface area contributed by atoms with Gasteiger partial charge in [-0.05, 0) is 57.8 Å². The highest BCUT2D eigenvalue weighted by Gasteiger charge is 2.51. The first kappa shape index (κ1) is 59.7. The molecule has 0 saturated heterocycles.